The molecule has 0 aromatic heterocycles. The smallest absolute Gasteiger partial charge is 0.0389 e. The molecule has 2 fully saturated rings. The molecule has 0 N–H and O–H groups in total. The Morgan fingerprint density at radius 2 is 2.18 bits per heavy atom. The third kappa shape index (κ3) is 2.23. The van der Waals surface area contributed by atoms with Gasteiger partial charge in [0.05, 0.1) is 0 Å². The van der Waals surface area contributed by atoms with Crippen molar-refractivity contribution in [3.05, 3.63) is 28.7 Å². The number of piperazine rings is 1. The van der Waals surface area contributed by atoms with Gasteiger partial charge in [0.15, 0.2) is 0 Å². The van der Waals surface area contributed by atoms with E-state index in [-0.39, 0.29) is 0 Å². The van der Waals surface area contributed by atoms with Crippen LogP contribution in [0.4, 0.5) is 5.69 Å². The van der Waals surface area contributed by atoms with Gasteiger partial charge in [-0.15, -0.1) is 0 Å². The quantitative estimate of drug-likeness (QED) is 0.785. The highest BCUT2D eigenvalue weighted by Crippen LogP contribution is 2.29. The fraction of sp³-hybridized carbons (Fsp3) is 0.571. The van der Waals surface area contributed by atoms with Crippen LogP contribution >= 0.6 is 15.9 Å². The minimum Gasteiger partial charge on any atom is -0.366 e. The molecule has 0 amide bonds. The number of halogens is 1. The van der Waals surface area contributed by atoms with E-state index in [2.05, 4.69) is 56.9 Å². The molecule has 17 heavy (non-hydrogen) atoms. The highest BCUT2D eigenvalue weighted by atomic mass is 79.9. The van der Waals surface area contributed by atoms with Gasteiger partial charge in [0.25, 0.3) is 0 Å². The van der Waals surface area contributed by atoms with E-state index in [1.807, 2.05) is 0 Å². The maximum atomic E-state index is 3.57. The lowest BCUT2D eigenvalue weighted by Crippen LogP contribution is -2.55. The van der Waals surface area contributed by atoms with Crippen LogP contribution in [0, 0.1) is 0 Å². The monoisotopic (exact) mass is 294 g/mol. The van der Waals surface area contributed by atoms with E-state index in [0.717, 1.165) is 6.04 Å². The summed E-state index contributed by atoms with van der Waals surface area (Å²) in [4.78, 5) is 5.23. The van der Waals surface area contributed by atoms with Crippen LogP contribution in [-0.4, -0.2) is 36.6 Å². The second-order valence-corrected chi connectivity index (χ2v) is 6.19. The zero-order valence-electron chi connectivity index (χ0n) is 10.3. The van der Waals surface area contributed by atoms with Crippen LogP contribution in [-0.2, 0) is 0 Å². The summed E-state index contributed by atoms with van der Waals surface area (Å²) >= 11 is 3.57. The van der Waals surface area contributed by atoms with Crippen LogP contribution in [0.15, 0.2) is 28.7 Å². The van der Waals surface area contributed by atoms with Crippen molar-refractivity contribution in [3.63, 3.8) is 0 Å². The molecule has 3 rings (SSSR count). The predicted molar refractivity (Wildman–Crippen MR) is 75.5 cm³/mol. The molecule has 2 atom stereocenters. The minimum atomic E-state index is 0.624. The molecule has 0 spiro atoms. The molecule has 0 bridgehead atoms. The second kappa shape index (κ2) is 4.62. The van der Waals surface area contributed by atoms with Crippen LogP contribution in [0.2, 0.25) is 0 Å². The summed E-state index contributed by atoms with van der Waals surface area (Å²) in [5, 5.41) is 0. The van der Waals surface area contributed by atoms with Crippen LogP contribution in [0.1, 0.15) is 19.8 Å². The molecule has 3 heteroatoms. The van der Waals surface area contributed by atoms with E-state index < -0.39 is 0 Å². The third-order valence-corrected chi connectivity index (χ3v) is 4.57. The first kappa shape index (κ1) is 11.5. The van der Waals surface area contributed by atoms with E-state index in [9.17, 15) is 0 Å². The van der Waals surface area contributed by atoms with Gasteiger partial charge in [-0.05, 0) is 44.5 Å². The summed E-state index contributed by atoms with van der Waals surface area (Å²) in [7, 11) is 0. The highest BCUT2D eigenvalue weighted by Gasteiger charge is 2.34. The SMILES string of the molecule is CC1CN2CCCC2CN1c1cccc(Br)c1. The molecule has 0 radical (unpaired) electrons. The molecule has 2 aliphatic rings. The van der Waals surface area contributed by atoms with Crippen molar-refractivity contribution >= 4 is 21.6 Å². The summed E-state index contributed by atoms with van der Waals surface area (Å²) in [6.45, 7) is 6.06. The van der Waals surface area contributed by atoms with Gasteiger partial charge < -0.3 is 4.90 Å². The third-order valence-electron chi connectivity index (χ3n) is 4.08. The zero-order valence-corrected chi connectivity index (χ0v) is 11.9. The van der Waals surface area contributed by atoms with Crippen LogP contribution in [0.5, 0.6) is 0 Å². The van der Waals surface area contributed by atoms with Crippen molar-refractivity contribution in [1.82, 2.24) is 4.90 Å². The Hall–Kier alpha value is -0.540. The Kier molecular flexibility index (Phi) is 3.14. The lowest BCUT2D eigenvalue weighted by molar-refractivity contribution is 0.203. The summed E-state index contributed by atoms with van der Waals surface area (Å²) in [5.41, 5.74) is 1.36. The normalized spacial score (nSPS) is 29.4. The summed E-state index contributed by atoms with van der Waals surface area (Å²) in [5.74, 6) is 0. The van der Waals surface area contributed by atoms with Gasteiger partial charge in [0.2, 0.25) is 0 Å². The molecule has 2 heterocycles. The number of hydrogen-bond acceptors (Lipinski definition) is 2. The van der Waals surface area contributed by atoms with E-state index in [1.165, 1.54) is 42.6 Å². The van der Waals surface area contributed by atoms with Gasteiger partial charge in [-0.1, -0.05) is 22.0 Å². The maximum absolute atomic E-state index is 3.57. The lowest BCUT2D eigenvalue weighted by atomic mass is 10.1. The molecule has 0 saturated carbocycles. The Labute approximate surface area is 112 Å². The van der Waals surface area contributed by atoms with Gasteiger partial charge >= 0.3 is 0 Å². The number of nitrogens with zero attached hydrogens (tertiary/aromatic N) is 2. The molecule has 2 nitrogen and oxygen atoms in total. The number of rotatable bonds is 1. The average molecular weight is 295 g/mol. The van der Waals surface area contributed by atoms with Crippen molar-refractivity contribution in [2.45, 2.75) is 31.8 Å². The molecule has 2 aliphatic heterocycles. The molecular weight excluding hydrogens is 276 g/mol. The number of fused-ring (bicyclic) bond motifs is 1. The first-order valence-electron chi connectivity index (χ1n) is 6.50. The van der Waals surface area contributed by atoms with Crippen molar-refractivity contribution in [1.29, 1.82) is 0 Å². The summed E-state index contributed by atoms with van der Waals surface area (Å²) < 4.78 is 1.18. The van der Waals surface area contributed by atoms with Crippen molar-refractivity contribution in [2.24, 2.45) is 0 Å². The predicted octanol–water partition coefficient (Wildman–Crippen LogP) is 3.12. The molecule has 0 aliphatic carbocycles. The van der Waals surface area contributed by atoms with E-state index in [4.69, 9.17) is 0 Å². The van der Waals surface area contributed by atoms with Gasteiger partial charge in [-0.2, -0.15) is 0 Å². The molecule has 2 unspecified atom stereocenters. The Bertz CT molecular complexity index is 407. The highest BCUT2D eigenvalue weighted by molar-refractivity contribution is 9.10. The van der Waals surface area contributed by atoms with Crippen LogP contribution in [0.3, 0.4) is 0 Å². The number of benzene rings is 1. The summed E-state index contributed by atoms with van der Waals surface area (Å²) in [6, 6.07) is 10.1. The maximum Gasteiger partial charge on any atom is 0.0389 e. The summed E-state index contributed by atoms with van der Waals surface area (Å²) in [6.07, 6.45) is 2.75. The molecule has 1 aromatic rings. The fourth-order valence-corrected chi connectivity index (χ4v) is 3.59. The largest absolute Gasteiger partial charge is 0.366 e. The molecule has 2 saturated heterocycles. The molecular formula is C14H19BrN2. The van der Waals surface area contributed by atoms with Gasteiger partial charge in [-0.3, -0.25) is 4.90 Å². The van der Waals surface area contributed by atoms with Gasteiger partial charge in [-0.25, -0.2) is 0 Å². The van der Waals surface area contributed by atoms with E-state index >= 15 is 0 Å². The van der Waals surface area contributed by atoms with Gasteiger partial charge in [0.1, 0.15) is 0 Å². The van der Waals surface area contributed by atoms with Crippen LogP contribution < -0.4 is 4.90 Å². The lowest BCUT2D eigenvalue weighted by Gasteiger charge is -2.43. The standard InChI is InChI=1S/C14H19BrN2/c1-11-9-16-7-3-6-14(16)10-17(11)13-5-2-4-12(15)8-13/h2,4-5,8,11,14H,3,6-7,9-10H2,1H3. The Balaban J connectivity index is 1.83. The minimum absolute atomic E-state index is 0.624. The topological polar surface area (TPSA) is 6.48 Å². The Morgan fingerprint density at radius 1 is 1.29 bits per heavy atom. The molecule has 1 aromatic carbocycles. The van der Waals surface area contributed by atoms with Crippen molar-refractivity contribution in [3.8, 4) is 0 Å². The number of anilines is 1. The molecule has 92 valence electrons. The van der Waals surface area contributed by atoms with Crippen LogP contribution in [0.25, 0.3) is 0 Å². The zero-order chi connectivity index (χ0) is 11.8. The fourth-order valence-electron chi connectivity index (χ4n) is 3.20. The second-order valence-electron chi connectivity index (χ2n) is 5.27. The van der Waals surface area contributed by atoms with Gasteiger partial charge in [0, 0.05) is 35.3 Å². The average Bonchev–Trinajstić information content (AvgIpc) is 2.75. The first-order valence-corrected chi connectivity index (χ1v) is 7.29. The first-order chi connectivity index (χ1) is 8.24. The van der Waals surface area contributed by atoms with E-state index in [0.29, 0.717) is 6.04 Å². The Morgan fingerprint density at radius 3 is 3.00 bits per heavy atom. The van der Waals surface area contributed by atoms with E-state index in [1.54, 1.807) is 0 Å². The van der Waals surface area contributed by atoms with Crippen molar-refractivity contribution < 1.29 is 0 Å². The van der Waals surface area contributed by atoms with Crippen molar-refractivity contribution in [2.75, 3.05) is 24.5 Å². The number of hydrogen-bond donors (Lipinski definition) is 0.